The average molecular weight is 893 g/mol. The Bertz CT molecular complexity index is 3060. The molecule has 2 heterocycles. The van der Waals surface area contributed by atoms with Gasteiger partial charge in [0, 0.05) is 44.7 Å². The summed E-state index contributed by atoms with van der Waals surface area (Å²) in [5, 5.41) is 5.23. The van der Waals surface area contributed by atoms with Crippen molar-refractivity contribution in [3.8, 4) is 11.4 Å². The first-order chi connectivity index (χ1) is 33.5. The lowest BCUT2D eigenvalue weighted by molar-refractivity contribution is 0.667. The molecule has 68 heavy (non-hydrogen) atoms. The first-order valence-corrected chi connectivity index (χ1v) is 24.3. The van der Waals surface area contributed by atoms with Crippen LogP contribution < -0.4 is 5.73 Å². The highest BCUT2D eigenvalue weighted by atomic mass is 15.0. The largest absolute Gasteiger partial charge is 0.383 e. The number of para-hydroxylation sites is 3. The van der Waals surface area contributed by atoms with Gasteiger partial charge in [-0.3, -0.25) is 0 Å². The number of fused-ring (bicyclic) bond motifs is 6. The lowest BCUT2D eigenvalue weighted by Gasteiger charge is -2.09. The number of amidine groups is 1. The van der Waals surface area contributed by atoms with Gasteiger partial charge in [-0.05, 0) is 105 Å². The third kappa shape index (κ3) is 13.0. The van der Waals surface area contributed by atoms with Gasteiger partial charge in [-0.25, -0.2) is 4.99 Å². The van der Waals surface area contributed by atoms with Gasteiger partial charge in [0.25, 0.3) is 0 Å². The topological polar surface area (TPSA) is 48.2 Å². The SMILES string of the molecule is C=CC.CC.CCCCCCc1ccc(-n2c3ccccc3c3ccccc32)cc1.Cc1ccc2c(c1)c1ccccc1n2-c1ccc(C/C=C/C=C/C=C\C=C/N=C(N)c2ccccc2)cc1. The van der Waals surface area contributed by atoms with Crippen molar-refractivity contribution in [2.24, 2.45) is 10.7 Å². The van der Waals surface area contributed by atoms with Gasteiger partial charge in [-0.15, -0.1) is 6.58 Å². The van der Waals surface area contributed by atoms with Crippen LogP contribution in [0.3, 0.4) is 0 Å². The maximum Gasteiger partial charge on any atom is 0.130 e. The van der Waals surface area contributed by atoms with Crippen LogP contribution in [0.4, 0.5) is 0 Å². The van der Waals surface area contributed by atoms with Crippen molar-refractivity contribution in [2.75, 3.05) is 0 Å². The summed E-state index contributed by atoms with van der Waals surface area (Å²) in [6.07, 6.45) is 24.8. The molecule has 0 aliphatic rings. The number of hydrogen-bond acceptors (Lipinski definition) is 1. The second-order valence-electron chi connectivity index (χ2n) is 16.4. The summed E-state index contributed by atoms with van der Waals surface area (Å²) in [6, 6.07) is 60.4. The van der Waals surface area contributed by atoms with Crippen LogP contribution in [0.25, 0.3) is 55.0 Å². The Labute approximate surface area is 405 Å². The normalized spacial score (nSPS) is 11.6. The fourth-order valence-electron chi connectivity index (χ4n) is 8.31. The molecular weight excluding hydrogens is 825 g/mol. The number of unbranched alkanes of at least 4 members (excludes halogenated alkanes) is 3. The van der Waals surface area contributed by atoms with Gasteiger partial charge in [0.15, 0.2) is 0 Å². The van der Waals surface area contributed by atoms with Gasteiger partial charge in [-0.1, -0.05) is 203 Å². The highest BCUT2D eigenvalue weighted by Crippen LogP contribution is 2.33. The van der Waals surface area contributed by atoms with E-state index < -0.39 is 0 Å². The molecule has 0 bridgehead atoms. The molecule has 0 saturated heterocycles. The molecule has 0 unspecified atom stereocenters. The predicted molar refractivity (Wildman–Crippen MR) is 299 cm³/mol. The quantitative estimate of drug-likeness (QED) is 0.0382. The molecule has 0 spiro atoms. The summed E-state index contributed by atoms with van der Waals surface area (Å²) in [5.41, 5.74) is 18.4. The van der Waals surface area contributed by atoms with Crippen molar-refractivity contribution >= 4 is 49.4 Å². The Kier molecular flexibility index (Phi) is 19.3. The second-order valence-corrected chi connectivity index (χ2v) is 16.4. The smallest absolute Gasteiger partial charge is 0.130 e. The average Bonchev–Trinajstić information content (AvgIpc) is 3.90. The Hall–Kier alpha value is -7.69. The molecular formula is C64H68N4. The summed E-state index contributed by atoms with van der Waals surface area (Å²) in [5.74, 6) is 0.506. The van der Waals surface area contributed by atoms with Crippen LogP contribution in [-0.4, -0.2) is 15.0 Å². The summed E-state index contributed by atoms with van der Waals surface area (Å²) in [4.78, 5) is 4.25. The number of aliphatic imine (C=N–C) groups is 1. The van der Waals surface area contributed by atoms with Crippen molar-refractivity contribution < 1.29 is 0 Å². The number of allylic oxidation sites excluding steroid dienone is 8. The lowest BCUT2D eigenvalue weighted by Crippen LogP contribution is -2.12. The second kappa shape index (κ2) is 26.5. The molecule has 4 heteroatoms. The van der Waals surface area contributed by atoms with Crippen LogP contribution in [0.5, 0.6) is 0 Å². The molecule has 0 aliphatic heterocycles. The number of aryl methyl sites for hydroxylation is 2. The van der Waals surface area contributed by atoms with E-state index in [9.17, 15) is 0 Å². The maximum atomic E-state index is 5.97. The highest BCUT2D eigenvalue weighted by molar-refractivity contribution is 6.10. The van der Waals surface area contributed by atoms with E-state index >= 15 is 0 Å². The van der Waals surface area contributed by atoms with Crippen LogP contribution >= 0.6 is 0 Å². The lowest BCUT2D eigenvalue weighted by atomic mass is 10.1. The third-order valence-corrected chi connectivity index (χ3v) is 11.5. The summed E-state index contributed by atoms with van der Waals surface area (Å²) >= 11 is 0. The fourth-order valence-corrected chi connectivity index (χ4v) is 8.31. The maximum absolute atomic E-state index is 5.97. The van der Waals surface area contributed by atoms with Crippen molar-refractivity contribution in [3.05, 3.63) is 253 Å². The van der Waals surface area contributed by atoms with E-state index in [0.29, 0.717) is 5.84 Å². The van der Waals surface area contributed by atoms with Gasteiger partial charge in [0.05, 0.1) is 22.1 Å². The molecule has 0 saturated carbocycles. The van der Waals surface area contributed by atoms with Gasteiger partial charge < -0.3 is 14.9 Å². The number of hydrogen-bond donors (Lipinski definition) is 1. The van der Waals surface area contributed by atoms with Crippen molar-refractivity contribution in [1.82, 2.24) is 9.13 Å². The van der Waals surface area contributed by atoms with E-state index in [1.165, 1.54) is 104 Å². The minimum atomic E-state index is 0.506. The third-order valence-electron chi connectivity index (χ3n) is 11.5. The number of benzene rings is 7. The zero-order valence-electron chi connectivity index (χ0n) is 40.7. The predicted octanol–water partition coefficient (Wildman–Crippen LogP) is 17.3. The van der Waals surface area contributed by atoms with E-state index in [2.05, 4.69) is 186 Å². The van der Waals surface area contributed by atoms with Gasteiger partial charge >= 0.3 is 0 Å². The number of nitrogens with two attached hydrogens (primary N) is 1. The molecule has 4 nitrogen and oxygen atoms in total. The van der Waals surface area contributed by atoms with E-state index in [1.807, 2.05) is 81.5 Å². The van der Waals surface area contributed by atoms with E-state index in [4.69, 9.17) is 5.73 Å². The number of nitrogens with zero attached hydrogens (tertiary/aromatic N) is 3. The first kappa shape index (κ1) is 49.7. The van der Waals surface area contributed by atoms with Crippen LogP contribution in [-0.2, 0) is 12.8 Å². The molecule has 0 amide bonds. The molecule has 0 fully saturated rings. The minimum Gasteiger partial charge on any atom is -0.383 e. The van der Waals surface area contributed by atoms with E-state index in [1.54, 1.807) is 12.3 Å². The van der Waals surface area contributed by atoms with Gasteiger partial charge in [0.1, 0.15) is 5.84 Å². The summed E-state index contributed by atoms with van der Waals surface area (Å²) in [6.45, 7) is 13.7. The fraction of sp³-hybridized carbons (Fsp3) is 0.172. The van der Waals surface area contributed by atoms with Gasteiger partial charge in [-0.2, -0.15) is 0 Å². The standard InChI is InChI=1S/C35H31N3.C24H25N.C3H6.C2H6/c1-27-19-24-34-32(26-27)31-17-11-12-18-33(31)38(34)30-22-20-28(21-23-30)14-8-5-3-2-4-6-13-25-37-35(36)29-15-9-7-10-16-29;1-2-3-4-5-10-19-15-17-20(18-16-19)25-23-13-8-6-11-21(23)22-12-7-9-14-24(22)25;1-3-2;1-2/h2-13,15-26H,14H2,1H3,(H2,36,37);6-9,11-18H,2-5,10H2,1H3;3H,1H2,2H3;1-2H3/b3-2+,6-4-,8-5+,25-13-;;;. The monoisotopic (exact) mass is 893 g/mol. The Balaban J connectivity index is 0.000000219. The van der Waals surface area contributed by atoms with Crippen molar-refractivity contribution in [3.63, 3.8) is 0 Å². The molecule has 2 N–H and O–H groups in total. The molecule has 9 rings (SSSR count). The number of rotatable bonds is 14. The zero-order valence-corrected chi connectivity index (χ0v) is 40.7. The Morgan fingerprint density at radius 1 is 0.529 bits per heavy atom. The van der Waals surface area contributed by atoms with Crippen LogP contribution in [0.2, 0.25) is 0 Å². The summed E-state index contributed by atoms with van der Waals surface area (Å²) < 4.78 is 4.74. The van der Waals surface area contributed by atoms with Gasteiger partial charge in [0.2, 0.25) is 0 Å². The Morgan fingerprint density at radius 2 is 1.00 bits per heavy atom. The molecule has 2 aromatic heterocycles. The molecule has 344 valence electrons. The molecule has 0 radical (unpaired) electrons. The molecule has 9 aromatic rings. The van der Waals surface area contributed by atoms with Crippen LogP contribution in [0.15, 0.2) is 236 Å². The van der Waals surface area contributed by atoms with E-state index in [-0.39, 0.29) is 0 Å². The summed E-state index contributed by atoms with van der Waals surface area (Å²) in [7, 11) is 0. The van der Waals surface area contributed by atoms with Crippen molar-refractivity contribution in [2.45, 2.75) is 73.1 Å². The van der Waals surface area contributed by atoms with E-state index in [0.717, 1.165) is 12.0 Å². The van der Waals surface area contributed by atoms with Crippen molar-refractivity contribution in [1.29, 1.82) is 0 Å². The zero-order chi connectivity index (χ0) is 47.9. The highest BCUT2D eigenvalue weighted by Gasteiger charge is 2.13. The van der Waals surface area contributed by atoms with Crippen LogP contribution in [0, 0.1) is 6.92 Å². The molecule has 0 aliphatic carbocycles. The molecule has 0 atom stereocenters. The molecule has 7 aromatic carbocycles. The Morgan fingerprint density at radius 3 is 1.56 bits per heavy atom. The first-order valence-electron chi connectivity index (χ1n) is 24.3. The minimum absolute atomic E-state index is 0.506. The van der Waals surface area contributed by atoms with Crippen LogP contribution in [0.1, 0.15) is 75.6 Å². The number of aromatic nitrogens is 2.